The summed E-state index contributed by atoms with van der Waals surface area (Å²) >= 11 is 0. The molecule has 1 aliphatic rings. The molecule has 0 unspecified atom stereocenters. The number of methoxy groups -OCH3 is 3. The molecule has 0 atom stereocenters. The van der Waals surface area contributed by atoms with Crippen LogP contribution in [-0.4, -0.2) is 46.5 Å². The van der Waals surface area contributed by atoms with Crippen LogP contribution < -0.4 is 9.64 Å². The minimum atomic E-state index is -0.793. The van der Waals surface area contributed by atoms with Crippen molar-refractivity contribution in [3.8, 4) is 5.75 Å². The van der Waals surface area contributed by atoms with E-state index in [0.717, 1.165) is 0 Å². The molecule has 1 heterocycles. The Hall–Kier alpha value is -3.13. The molecule has 0 fully saturated rings. The van der Waals surface area contributed by atoms with Gasteiger partial charge in [-0.2, -0.15) is 0 Å². The van der Waals surface area contributed by atoms with E-state index in [-0.39, 0.29) is 23.6 Å². The van der Waals surface area contributed by atoms with Crippen molar-refractivity contribution < 1.29 is 32.9 Å². The fourth-order valence-electron chi connectivity index (χ4n) is 2.39. The first-order chi connectivity index (χ1) is 13.0. The van der Waals surface area contributed by atoms with E-state index in [2.05, 4.69) is 0 Å². The van der Waals surface area contributed by atoms with Crippen LogP contribution in [0.5, 0.6) is 5.75 Å². The number of rotatable bonds is 7. The zero-order valence-corrected chi connectivity index (χ0v) is 15.2. The van der Waals surface area contributed by atoms with E-state index in [4.69, 9.17) is 18.9 Å². The van der Waals surface area contributed by atoms with E-state index < -0.39 is 17.8 Å². The predicted octanol–water partition coefficient (Wildman–Crippen LogP) is 2.34. The van der Waals surface area contributed by atoms with Crippen LogP contribution in [0.15, 0.2) is 53.9 Å². The lowest BCUT2D eigenvalue weighted by Gasteiger charge is -2.25. The molecule has 8 heteroatoms. The number of halogens is 1. The second-order valence-corrected chi connectivity index (χ2v) is 5.27. The summed E-state index contributed by atoms with van der Waals surface area (Å²) in [5.74, 6) is -1.78. The molecule has 2 rings (SSSR count). The molecule has 27 heavy (non-hydrogen) atoms. The Morgan fingerprint density at radius 3 is 2.44 bits per heavy atom. The van der Waals surface area contributed by atoms with Gasteiger partial charge in [-0.1, -0.05) is 6.08 Å². The van der Waals surface area contributed by atoms with Crippen molar-refractivity contribution in [1.29, 1.82) is 0 Å². The molecular formula is C19H20FNO6. The largest absolute Gasteiger partial charge is 0.489 e. The third-order valence-electron chi connectivity index (χ3n) is 3.61. The van der Waals surface area contributed by atoms with Gasteiger partial charge < -0.3 is 23.8 Å². The molecule has 0 saturated carbocycles. The summed E-state index contributed by atoms with van der Waals surface area (Å²) < 4.78 is 34.1. The summed E-state index contributed by atoms with van der Waals surface area (Å²) in [5.41, 5.74) is 0.0471. The molecule has 0 radical (unpaired) electrons. The molecule has 0 N–H and O–H groups in total. The van der Waals surface area contributed by atoms with Crippen molar-refractivity contribution >= 4 is 17.6 Å². The second kappa shape index (κ2) is 9.54. The van der Waals surface area contributed by atoms with Crippen molar-refractivity contribution in [2.75, 3.05) is 39.4 Å². The summed E-state index contributed by atoms with van der Waals surface area (Å²) in [6.45, 7) is 0.535. The molecule has 0 bridgehead atoms. The van der Waals surface area contributed by atoms with Crippen LogP contribution in [-0.2, 0) is 23.8 Å². The van der Waals surface area contributed by atoms with Crippen LogP contribution in [0.25, 0.3) is 0 Å². The zero-order chi connectivity index (χ0) is 19.8. The first-order valence-electron chi connectivity index (χ1n) is 7.99. The molecule has 144 valence electrons. The third-order valence-corrected chi connectivity index (χ3v) is 3.61. The van der Waals surface area contributed by atoms with Gasteiger partial charge in [0.15, 0.2) is 0 Å². The quantitative estimate of drug-likeness (QED) is 0.533. The number of anilines is 1. The Bertz CT molecular complexity index is 799. The third kappa shape index (κ3) is 4.73. The van der Waals surface area contributed by atoms with Gasteiger partial charge in [-0.3, -0.25) is 0 Å². The number of esters is 2. The minimum absolute atomic E-state index is 0.0403. The fraction of sp³-hybridized carbons (Fsp3) is 0.263. The molecule has 1 aromatic carbocycles. The Morgan fingerprint density at radius 2 is 1.78 bits per heavy atom. The Morgan fingerprint density at radius 1 is 1.04 bits per heavy atom. The molecule has 0 amide bonds. The van der Waals surface area contributed by atoms with Gasteiger partial charge in [0.1, 0.15) is 23.9 Å². The highest BCUT2D eigenvalue weighted by atomic mass is 19.1. The molecule has 0 aliphatic carbocycles. The van der Waals surface area contributed by atoms with Crippen LogP contribution in [0.1, 0.15) is 0 Å². The molecule has 0 saturated heterocycles. The Kier molecular flexibility index (Phi) is 7.13. The second-order valence-electron chi connectivity index (χ2n) is 5.27. The van der Waals surface area contributed by atoms with E-state index in [0.29, 0.717) is 12.4 Å². The van der Waals surface area contributed by atoms with E-state index >= 15 is 0 Å². The molecule has 0 spiro atoms. The van der Waals surface area contributed by atoms with Gasteiger partial charge in [0.2, 0.25) is 0 Å². The van der Waals surface area contributed by atoms with Gasteiger partial charge in [-0.25, -0.2) is 14.0 Å². The lowest BCUT2D eigenvalue weighted by molar-refractivity contribution is -0.139. The highest BCUT2D eigenvalue weighted by Gasteiger charge is 2.29. The van der Waals surface area contributed by atoms with Gasteiger partial charge in [0, 0.05) is 19.4 Å². The average Bonchev–Trinajstić information content (AvgIpc) is 2.90. The number of hydrogen-bond donors (Lipinski definition) is 0. The van der Waals surface area contributed by atoms with E-state index in [1.165, 1.54) is 56.7 Å². The standard InChI is InChI=1S/C19H20FNO6/c1-24-10-11-27-16-8-7-13(20)12-15(16)21-9-5-4-6-14(18(22)25-2)17(21)19(23)26-3/h4-9,12H,10-11H2,1-3H3. The van der Waals surface area contributed by atoms with Crippen LogP contribution in [0.4, 0.5) is 10.1 Å². The highest BCUT2D eigenvalue weighted by Crippen LogP contribution is 2.34. The molecular weight excluding hydrogens is 357 g/mol. The Labute approximate surface area is 156 Å². The Balaban J connectivity index is 2.61. The molecule has 0 aromatic heterocycles. The zero-order valence-electron chi connectivity index (χ0n) is 15.2. The SMILES string of the molecule is COCCOc1ccc(F)cc1N1C=CC=CC(C(=O)OC)=C1C(=O)OC. The lowest BCUT2D eigenvalue weighted by atomic mass is 10.1. The number of benzene rings is 1. The first-order valence-corrected chi connectivity index (χ1v) is 7.99. The molecule has 1 aliphatic heterocycles. The van der Waals surface area contributed by atoms with Gasteiger partial charge in [0.25, 0.3) is 0 Å². The van der Waals surface area contributed by atoms with Gasteiger partial charge >= 0.3 is 11.9 Å². The number of carbonyl (C=O) groups is 2. The maximum atomic E-state index is 14.0. The summed E-state index contributed by atoms with van der Waals surface area (Å²) in [6.07, 6.45) is 6.05. The van der Waals surface area contributed by atoms with Crippen LogP contribution in [0.3, 0.4) is 0 Å². The monoisotopic (exact) mass is 377 g/mol. The molecule has 1 aromatic rings. The number of ether oxygens (including phenoxy) is 4. The first kappa shape index (κ1) is 20.2. The maximum Gasteiger partial charge on any atom is 0.355 e. The number of carbonyl (C=O) groups excluding carboxylic acids is 2. The van der Waals surface area contributed by atoms with Crippen molar-refractivity contribution in [2.24, 2.45) is 0 Å². The van der Waals surface area contributed by atoms with Gasteiger partial charge in [0.05, 0.1) is 32.1 Å². The predicted molar refractivity (Wildman–Crippen MR) is 95.6 cm³/mol. The van der Waals surface area contributed by atoms with Crippen molar-refractivity contribution in [3.05, 3.63) is 59.7 Å². The van der Waals surface area contributed by atoms with Crippen LogP contribution in [0.2, 0.25) is 0 Å². The highest BCUT2D eigenvalue weighted by molar-refractivity contribution is 6.05. The summed E-state index contributed by atoms with van der Waals surface area (Å²) in [4.78, 5) is 25.9. The number of nitrogens with zero attached hydrogens (tertiary/aromatic N) is 1. The van der Waals surface area contributed by atoms with Crippen LogP contribution >= 0.6 is 0 Å². The summed E-state index contributed by atoms with van der Waals surface area (Å²) in [5, 5.41) is 0. The maximum absolute atomic E-state index is 14.0. The summed E-state index contributed by atoms with van der Waals surface area (Å²) in [6, 6.07) is 3.85. The van der Waals surface area contributed by atoms with Crippen molar-refractivity contribution in [3.63, 3.8) is 0 Å². The number of hydrogen-bond acceptors (Lipinski definition) is 7. The minimum Gasteiger partial charge on any atom is -0.489 e. The fourth-order valence-corrected chi connectivity index (χ4v) is 2.39. The van der Waals surface area contributed by atoms with E-state index in [1.54, 1.807) is 12.2 Å². The van der Waals surface area contributed by atoms with Crippen molar-refractivity contribution in [1.82, 2.24) is 0 Å². The average molecular weight is 377 g/mol. The topological polar surface area (TPSA) is 74.3 Å². The molecule has 7 nitrogen and oxygen atoms in total. The normalized spacial score (nSPS) is 13.4. The van der Waals surface area contributed by atoms with Gasteiger partial charge in [-0.15, -0.1) is 0 Å². The summed E-state index contributed by atoms with van der Waals surface area (Å²) in [7, 11) is 3.91. The lowest BCUT2D eigenvalue weighted by Crippen LogP contribution is -2.27. The van der Waals surface area contributed by atoms with E-state index in [1.807, 2.05) is 0 Å². The number of allylic oxidation sites excluding steroid dienone is 2. The smallest absolute Gasteiger partial charge is 0.355 e. The van der Waals surface area contributed by atoms with Crippen molar-refractivity contribution in [2.45, 2.75) is 0 Å². The van der Waals surface area contributed by atoms with E-state index in [9.17, 15) is 14.0 Å². The van der Waals surface area contributed by atoms with Gasteiger partial charge in [-0.05, 0) is 24.3 Å². The van der Waals surface area contributed by atoms with Crippen LogP contribution in [0, 0.1) is 5.82 Å².